The standard InChI is InChI=1S/C12H19NO3/c1-9(14)10-5-7-13(8-6-10)11(15)16-12(2,3)4/h5H,6-8H2,1-4H3. The van der Waals surface area contributed by atoms with E-state index in [2.05, 4.69) is 0 Å². The summed E-state index contributed by atoms with van der Waals surface area (Å²) in [7, 11) is 0. The van der Waals surface area contributed by atoms with Gasteiger partial charge in [0, 0.05) is 13.1 Å². The Balaban J connectivity index is 2.54. The average molecular weight is 225 g/mol. The number of Topliss-reactive ketones (excluding diaryl/α,β-unsaturated/α-hetero) is 1. The van der Waals surface area contributed by atoms with Crippen LogP contribution in [0.15, 0.2) is 11.6 Å². The maximum atomic E-state index is 11.7. The quantitative estimate of drug-likeness (QED) is 0.687. The van der Waals surface area contributed by atoms with Gasteiger partial charge in [-0.3, -0.25) is 4.79 Å². The minimum Gasteiger partial charge on any atom is -0.444 e. The van der Waals surface area contributed by atoms with Gasteiger partial charge in [-0.15, -0.1) is 0 Å². The molecule has 1 rings (SSSR count). The fourth-order valence-electron chi connectivity index (χ4n) is 1.48. The second kappa shape index (κ2) is 4.68. The molecule has 0 radical (unpaired) electrons. The Hall–Kier alpha value is -1.32. The van der Waals surface area contributed by atoms with Crippen LogP contribution >= 0.6 is 0 Å². The summed E-state index contributed by atoms with van der Waals surface area (Å²) in [6.45, 7) is 8.09. The zero-order valence-electron chi connectivity index (χ0n) is 10.4. The molecule has 1 aliphatic heterocycles. The first-order chi connectivity index (χ1) is 7.29. The van der Waals surface area contributed by atoms with Crippen molar-refractivity contribution in [3.63, 3.8) is 0 Å². The predicted molar refractivity (Wildman–Crippen MR) is 61.2 cm³/mol. The zero-order valence-corrected chi connectivity index (χ0v) is 10.4. The van der Waals surface area contributed by atoms with Gasteiger partial charge < -0.3 is 9.64 Å². The number of ether oxygens (including phenoxy) is 1. The van der Waals surface area contributed by atoms with Crippen molar-refractivity contribution in [2.75, 3.05) is 13.1 Å². The van der Waals surface area contributed by atoms with E-state index >= 15 is 0 Å². The first kappa shape index (κ1) is 12.7. The molecule has 1 amide bonds. The second-order valence-electron chi connectivity index (χ2n) is 4.96. The van der Waals surface area contributed by atoms with Gasteiger partial charge in [-0.25, -0.2) is 4.79 Å². The van der Waals surface area contributed by atoms with Gasteiger partial charge in [-0.2, -0.15) is 0 Å². The highest BCUT2D eigenvalue weighted by molar-refractivity contribution is 5.93. The van der Waals surface area contributed by atoms with Crippen LogP contribution in [0.4, 0.5) is 4.79 Å². The van der Waals surface area contributed by atoms with Crippen LogP contribution in [0.2, 0.25) is 0 Å². The van der Waals surface area contributed by atoms with Crippen molar-refractivity contribution < 1.29 is 14.3 Å². The van der Waals surface area contributed by atoms with E-state index < -0.39 is 5.60 Å². The molecule has 0 aromatic heterocycles. The molecule has 0 atom stereocenters. The van der Waals surface area contributed by atoms with E-state index in [0.717, 1.165) is 5.57 Å². The highest BCUT2D eigenvalue weighted by atomic mass is 16.6. The van der Waals surface area contributed by atoms with Crippen LogP contribution in [0.5, 0.6) is 0 Å². The minimum atomic E-state index is -0.471. The van der Waals surface area contributed by atoms with Gasteiger partial charge in [-0.05, 0) is 39.7 Å². The topological polar surface area (TPSA) is 46.6 Å². The Morgan fingerprint density at radius 2 is 2.00 bits per heavy atom. The molecule has 0 unspecified atom stereocenters. The SMILES string of the molecule is CC(=O)C1=CCN(C(=O)OC(C)(C)C)CC1. The first-order valence-corrected chi connectivity index (χ1v) is 5.47. The fraction of sp³-hybridized carbons (Fsp3) is 0.667. The van der Waals surface area contributed by atoms with Gasteiger partial charge in [0.1, 0.15) is 5.60 Å². The number of ketones is 1. The maximum Gasteiger partial charge on any atom is 0.410 e. The van der Waals surface area contributed by atoms with E-state index in [9.17, 15) is 9.59 Å². The summed E-state index contributed by atoms with van der Waals surface area (Å²) in [6.07, 6.45) is 2.11. The van der Waals surface area contributed by atoms with Crippen molar-refractivity contribution in [2.24, 2.45) is 0 Å². The fourth-order valence-corrected chi connectivity index (χ4v) is 1.48. The lowest BCUT2D eigenvalue weighted by Crippen LogP contribution is -2.39. The van der Waals surface area contributed by atoms with Crippen LogP contribution in [0.3, 0.4) is 0 Å². The van der Waals surface area contributed by atoms with E-state index in [4.69, 9.17) is 4.74 Å². The van der Waals surface area contributed by atoms with E-state index in [1.807, 2.05) is 20.8 Å². The van der Waals surface area contributed by atoms with Crippen molar-refractivity contribution in [1.82, 2.24) is 4.90 Å². The number of hydrogen-bond acceptors (Lipinski definition) is 3. The molecule has 0 bridgehead atoms. The van der Waals surface area contributed by atoms with Gasteiger partial charge in [0.05, 0.1) is 0 Å². The molecule has 0 saturated heterocycles. The summed E-state index contributed by atoms with van der Waals surface area (Å²) >= 11 is 0. The first-order valence-electron chi connectivity index (χ1n) is 5.47. The lowest BCUT2D eigenvalue weighted by atomic mass is 10.1. The Labute approximate surface area is 96.3 Å². The number of nitrogens with zero attached hydrogens (tertiary/aromatic N) is 1. The Kier molecular flexibility index (Phi) is 3.73. The van der Waals surface area contributed by atoms with E-state index in [0.29, 0.717) is 19.5 Å². The number of hydrogen-bond donors (Lipinski definition) is 0. The Bertz CT molecular complexity index is 326. The van der Waals surface area contributed by atoms with Crippen LogP contribution in [-0.2, 0) is 9.53 Å². The molecule has 0 spiro atoms. The molecule has 0 aromatic carbocycles. The smallest absolute Gasteiger partial charge is 0.410 e. The second-order valence-corrected chi connectivity index (χ2v) is 4.96. The van der Waals surface area contributed by atoms with Crippen LogP contribution < -0.4 is 0 Å². The number of carbonyl (C=O) groups excluding carboxylic acids is 2. The van der Waals surface area contributed by atoms with Crippen molar-refractivity contribution in [3.05, 3.63) is 11.6 Å². The summed E-state index contributed by atoms with van der Waals surface area (Å²) in [5, 5.41) is 0. The largest absolute Gasteiger partial charge is 0.444 e. The predicted octanol–water partition coefficient (Wildman–Crippen LogP) is 2.14. The van der Waals surface area contributed by atoms with E-state index in [-0.39, 0.29) is 11.9 Å². The molecule has 90 valence electrons. The molecule has 16 heavy (non-hydrogen) atoms. The van der Waals surface area contributed by atoms with Gasteiger partial charge in [-0.1, -0.05) is 6.08 Å². The lowest BCUT2D eigenvalue weighted by Gasteiger charge is -2.29. The maximum absolute atomic E-state index is 11.7. The number of rotatable bonds is 1. The number of carbonyl (C=O) groups is 2. The van der Waals surface area contributed by atoms with Gasteiger partial charge in [0.15, 0.2) is 5.78 Å². The average Bonchev–Trinajstić information content (AvgIpc) is 2.15. The Morgan fingerprint density at radius 3 is 2.38 bits per heavy atom. The summed E-state index contributed by atoms with van der Waals surface area (Å²) in [4.78, 5) is 24.4. The third kappa shape index (κ3) is 3.68. The molecule has 4 nitrogen and oxygen atoms in total. The molecule has 1 aliphatic rings. The summed E-state index contributed by atoms with van der Waals surface area (Å²) in [5.74, 6) is 0.0869. The van der Waals surface area contributed by atoms with Crippen LogP contribution in [0.25, 0.3) is 0 Å². The van der Waals surface area contributed by atoms with Gasteiger partial charge in [0.25, 0.3) is 0 Å². The highest BCUT2D eigenvalue weighted by Gasteiger charge is 2.24. The van der Waals surface area contributed by atoms with Crippen LogP contribution in [-0.4, -0.2) is 35.5 Å². The molecule has 0 aliphatic carbocycles. The molecule has 4 heteroatoms. The van der Waals surface area contributed by atoms with Crippen molar-refractivity contribution >= 4 is 11.9 Å². The Morgan fingerprint density at radius 1 is 1.38 bits per heavy atom. The third-order valence-electron chi connectivity index (χ3n) is 2.31. The van der Waals surface area contributed by atoms with Crippen LogP contribution in [0.1, 0.15) is 34.1 Å². The molecule has 0 aromatic rings. The highest BCUT2D eigenvalue weighted by Crippen LogP contribution is 2.15. The molecule has 1 heterocycles. The van der Waals surface area contributed by atoms with E-state index in [1.54, 1.807) is 17.9 Å². The summed E-state index contributed by atoms with van der Waals surface area (Å²) in [6, 6.07) is 0. The molecule has 0 saturated carbocycles. The normalized spacial score (nSPS) is 16.8. The van der Waals surface area contributed by atoms with Crippen molar-refractivity contribution in [1.29, 1.82) is 0 Å². The monoisotopic (exact) mass is 225 g/mol. The minimum absolute atomic E-state index is 0.0869. The lowest BCUT2D eigenvalue weighted by molar-refractivity contribution is -0.113. The van der Waals surface area contributed by atoms with Crippen LogP contribution in [0, 0.1) is 0 Å². The zero-order chi connectivity index (χ0) is 12.3. The third-order valence-corrected chi connectivity index (χ3v) is 2.31. The van der Waals surface area contributed by atoms with Crippen molar-refractivity contribution in [2.45, 2.75) is 39.7 Å². The molecular formula is C12H19NO3. The van der Waals surface area contributed by atoms with E-state index in [1.165, 1.54) is 0 Å². The molecule has 0 fully saturated rings. The van der Waals surface area contributed by atoms with Gasteiger partial charge in [0.2, 0.25) is 0 Å². The summed E-state index contributed by atoms with van der Waals surface area (Å²) < 4.78 is 5.25. The van der Waals surface area contributed by atoms with Gasteiger partial charge >= 0.3 is 6.09 Å². The molecule has 0 N–H and O–H groups in total. The van der Waals surface area contributed by atoms with Crippen molar-refractivity contribution in [3.8, 4) is 0 Å². The molecular weight excluding hydrogens is 206 g/mol. The summed E-state index contributed by atoms with van der Waals surface area (Å²) in [5.41, 5.74) is 0.335. The number of amides is 1.